The Balaban J connectivity index is 1.64. The number of nitrogens with one attached hydrogen (secondary N) is 1. The molecule has 1 aromatic carbocycles. The number of allylic oxidation sites excluding steroid dienone is 4. The Bertz CT molecular complexity index is 629. The van der Waals surface area contributed by atoms with Crippen molar-refractivity contribution >= 4 is 34.8 Å². The second kappa shape index (κ2) is 8.22. The highest BCUT2D eigenvalue weighted by atomic mass is 35.5. The van der Waals surface area contributed by atoms with Gasteiger partial charge in [0.25, 0.3) is 0 Å². The zero-order valence-electron chi connectivity index (χ0n) is 13.7. The minimum Gasteiger partial charge on any atom is -0.325 e. The standard InChI is InChI=1S/C20H23Cl2NO/c21-14-11-12-18(17(22)13-14)23-20(24)19-15-9-7-5-3-1-2-4-6-8-10-16(15)19/h3-6,11-13,15-16,19H,1-2,7-10H2,(H,23,24)/b5-3-,6-4+/t15-,16-,19?/m0/s1. The maximum Gasteiger partial charge on any atom is 0.228 e. The molecule has 0 heterocycles. The quantitative estimate of drug-likeness (QED) is 0.617. The largest absolute Gasteiger partial charge is 0.325 e. The summed E-state index contributed by atoms with van der Waals surface area (Å²) in [4.78, 5) is 12.7. The molecule has 4 heteroatoms. The van der Waals surface area contributed by atoms with Crippen LogP contribution < -0.4 is 5.32 Å². The second-order valence-electron chi connectivity index (χ2n) is 6.64. The molecule has 2 aliphatic rings. The van der Waals surface area contributed by atoms with Gasteiger partial charge in [0.15, 0.2) is 0 Å². The van der Waals surface area contributed by atoms with Gasteiger partial charge in [0.1, 0.15) is 0 Å². The van der Waals surface area contributed by atoms with Crippen LogP contribution in [-0.4, -0.2) is 5.91 Å². The van der Waals surface area contributed by atoms with Gasteiger partial charge in [-0.25, -0.2) is 0 Å². The van der Waals surface area contributed by atoms with Gasteiger partial charge in [-0.05, 0) is 68.6 Å². The number of halogens is 2. The number of fused-ring (bicyclic) bond motifs is 1. The van der Waals surface area contributed by atoms with Crippen LogP contribution in [0.25, 0.3) is 0 Å². The van der Waals surface area contributed by atoms with E-state index in [1.54, 1.807) is 18.2 Å². The molecular weight excluding hydrogens is 341 g/mol. The lowest BCUT2D eigenvalue weighted by atomic mass is 10.1. The number of carbonyl (C=O) groups excluding carboxylic acids is 1. The zero-order chi connectivity index (χ0) is 16.9. The van der Waals surface area contributed by atoms with Crippen LogP contribution in [-0.2, 0) is 4.79 Å². The molecule has 0 aliphatic heterocycles. The van der Waals surface area contributed by atoms with Gasteiger partial charge in [-0.1, -0.05) is 47.5 Å². The molecule has 0 bridgehead atoms. The first-order chi connectivity index (χ1) is 11.7. The molecule has 2 aliphatic carbocycles. The van der Waals surface area contributed by atoms with Crippen LogP contribution in [0.3, 0.4) is 0 Å². The molecule has 24 heavy (non-hydrogen) atoms. The van der Waals surface area contributed by atoms with Crippen molar-refractivity contribution in [1.82, 2.24) is 0 Å². The van der Waals surface area contributed by atoms with E-state index in [2.05, 4.69) is 29.6 Å². The highest BCUT2D eigenvalue weighted by Gasteiger charge is 2.52. The number of amides is 1. The van der Waals surface area contributed by atoms with E-state index in [1.807, 2.05) is 0 Å². The number of hydrogen-bond donors (Lipinski definition) is 1. The molecule has 1 fully saturated rings. The smallest absolute Gasteiger partial charge is 0.228 e. The third kappa shape index (κ3) is 4.43. The Hall–Kier alpha value is -1.25. The minimum atomic E-state index is 0.0945. The molecule has 2 nitrogen and oxygen atoms in total. The van der Waals surface area contributed by atoms with Crippen LogP contribution in [0.2, 0.25) is 10.0 Å². The minimum absolute atomic E-state index is 0.0945. The van der Waals surface area contributed by atoms with Crippen LogP contribution in [0.4, 0.5) is 5.69 Å². The summed E-state index contributed by atoms with van der Waals surface area (Å²) in [5.41, 5.74) is 0.646. The highest BCUT2D eigenvalue weighted by molar-refractivity contribution is 6.36. The molecule has 1 unspecified atom stereocenters. The van der Waals surface area contributed by atoms with Crippen LogP contribution in [0.15, 0.2) is 42.5 Å². The summed E-state index contributed by atoms with van der Waals surface area (Å²) < 4.78 is 0. The van der Waals surface area contributed by atoms with Gasteiger partial charge >= 0.3 is 0 Å². The summed E-state index contributed by atoms with van der Waals surface area (Å²) in [5.74, 6) is 1.19. The van der Waals surface area contributed by atoms with Crippen molar-refractivity contribution in [3.05, 3.63) is 52.5 Å². The lowest BCUT2D eigenvalue weighted by molar-refractivity contribution is -0.117. The summed E-state index contributed by atoms with van der Waals surface area (Å²) in [6, 6.07) is 5.17. The molecule has 0 spiro atoms. The van der Waals surface area contributed by atoms with Crippen LogP contribution in [0, 0.1) is 17.8 Å². The molecule has 1 aromatic rings. The third-order valence-electron chi connectivity index (χ3n) is 4.99. The number of rotatable bonds is 2. The Morgan fingerprint density at radius 1 is 0.917 bits per heavy atom. The first-order valence-electron chi connectivity index (χ1n) is 8.72. The van der Waals surface area contributed by atoms with Gasteiger partial charge < -0.3 is 5.32 Å². The van der Waals surface area contributed by atoms with Crippen LogP contribution >= 0.6 is 23.2 Å². The van der Waals surface area contributed by atoms with E-state index in [1.165, 1.54) is 0 Å². The SMILES string of the molecule is O=C(Nc1ccc(Cl)cc1Cl)C1[C@H]2CC/C=C\CC/C=C/CC[C@H]12. The number of carbonyl (C=O) groups is 1. The molecule has 1 saturated carbocycles. The maximum atomic E-state index is 12.7. The van der Waals surface area contributed by atoms with E-state index < -0.39 is 0 Å². The van der Waals surface area contributed by atoms with Crippen molar-refractivity contribution in [2.24, 2.45) is 17.8 Å². The molecule has 1 N–H and O–H groups in total. The molecule has 0 radical (unpaired) electrons. The lowest BCUT2D eigenvalue weighted by Gasteiger charge is -2.07. The molecule has 0 aromatic heterocycles. The van der Waals surface area contributed by atoms with Crippen molar-refractivity contribution < 1.29 is 4.79 Å². The summed E-state index contributed by atoms with van der Waals surface area (Å²) in [7, 11) is 0. The van der Waals surface area contributed by atoms with Crippen molar-refractivity contribution in [3.8, 4) is 0 Å². The van der Waals surface area contributed by atoms with Crippen LogP contribution in [0.5, 0.6) is 0 Å². The third-order valence-corrected chi connectivity index (χ3v) is 5.54. The molecule has 3 rings (SSSR count). The number of hydrogen-bond acceptors (Lipinski definition) is 1. The molecule has 3 atom stereocenters. The van der Waals surface area contributed by atoms with E-state index in [-0.39, 0.29) is 11.8 Å². The topological polar surface area (TPSA) is 29.1 Å². The monoisotopic (exact) mass is 363 g/mol. The molecule has 128 valence electrons. The van der Waals surface area contributed by atoms with Gasteiger partial charge in [0.2, 0.25) is 5.91 Å². The average Bonchev–Trinajstić information content (AvgIpc) is 3.22. The number of benzene rings is 1. The first-order valence-corrected chi connectivity index (χ1v) is 9.48. The maximum absolute atomic E-state index is 12.7. The van der Waals surface area contributed by atoms with Gasteiger partial charge in [-0.3, -0.25) is 4.79 Å². The Labute approximate surface area is 153 Å². The fourth-order valence-electron chi connectivity index (χ4n) is 3.67. The molecule has 1 amide bonds. The van der Waals surface area contributed by atoms with Gasteiger partial charge in [0.05, 0.1) is 10.7 Å². The van der Waals surface area contributed by atoms with E-state index in [0.29, 0.717) is 27.6 Å². The van der Waals surface area contributed by atoms with Crippen molar-refractivity contribution in [1.29, 1.82) is 0 Å². The predicted molar refractivity (Wildman–Crippen MR) is 102 cm³/mol. The predicted octanol–water partition coefficient (Wildman–Crippen LogP) is 6.26. The second-order valence-corrected chi connectivity index (χ2v) is 7.49. The first kappa shape index (κ1) is 17.6. The number of anilines is 1. The zero-order valence-corrected chi connectivity index (χ0v) is 15.2. The summed E-state index contributed by atoms with van der Waals surface area (Å²) in [5, 5.41) is 4.05. The van der Waals surface area contributed by atoms with Crippen molar-refractivity contribution in [2.45, 2.75) is 38.5 Å². The summed E-state index contributed by atoms with van der Waals surface area (Å²) in [6.45, 7) is 0. The average molecular weight is 364 g/mol. The molecule has 0 saturated heterocycles. The Kier molecular flexibility index (Phi) is 6.02. The lowest BCUT2D eigenvalue weighted by Crippen LogP contribution is -2.16. The normalized spacial score (nSPS) is 29.5. The summed E-state index contributed by atoms with van der Waals surface area (Å²) in [6.07, 6.45) is 15.6. The van der Waals surface area contributed by atoms with E-state index in [0.717, 1.165) is 38.5 Å². The Morgan fingerprint density at radius 2 is 1.50 bits per heavy atom. The fraction of sp³-hybridized carbons (Fsp3) is 0.450. The van der Waals surface area contributed by atoms with Crippen LogP contribution in [0.1, 0.15) is 38.5 Å². The van der Waals surface area contributed by atoms with E-state index in [9.17, 15) is 4.79 Å². The van der Waals surface area contributed by atoms with Gasteiger partial charge in [-0.2, -0.15) is 0 Å². The van der Waals surface area contributed by atoms with Crippen molar-refractivity contribution in [3.63, 3.8) is 0 Å². The van der Waals surface area contributed by atoms with Crippen molar-refractivity contribution in [2.75, 3.05) is 5.32 Å². The van der Waals surface area contributed by atoms with Gasteiger partial charge in [-0.15, -0.1) is 0 Å². The van der Waals surface area contributed by atoms with E-state index in [4.69, 9.17) is 23.2 Å². The van der Waals surface area contributed by atoms with Gasteiger partial charge in [0, 0.05) is 10.9 Å². The summed E-state index contributed by atoms with van der Waals surface area (Å²) >= 11 is 12.1. The highest BCUT2D eigenvalue weighted by Crippen LogP contribution is 2.52. The fourth-order valence-corrected chi connectivity index (χ4v) is 4.12. The molecular formula is C20H23Cl2NO. The van der Waals surface area contributed by atoms with E-state index >= 15 is 0 Å². The Morgan fingerprint density at radius 3 is 2.08 bits per heavy atom.